The van der Waals surface area contributed by atoms with Crippen molar-refractivity contribution in [3.05, 3.63) is 35.3 Å². The number of fused-ring (bicyclic) bond motifs is 2. The minimum Gasteiger partial charge on any atom is -0.756 e. The van der Waals surface area contributed by atoms with Gasteiger partial charge in [-0.3, -0.25) is 28.4 Å². The molecule has 2 saturated heterocycles. The number of nitrogens with zero attached hydrogens (tertiary/aromatic N) is 5. The Balaban J connectivity index is 1.38. The molecule has 0 aromatic carbocycles. The van der Waals surface area contributed by atoms with Crippen molar-refractivity contribution < 1.29 is 65.4 Å². The Bertz CT molecular complexity index is 1700. The summed E-state index contributed by atoms with van der Waals surface area (Å²) in [6.45, 7) is 0.658. The van der Waals surface area contributed by atoms with Gasteiger partial charge in [0.15, 0.2) is 10.9 Å². The number of H-pyrrole nitrogens is 1. The first-order valence-electron chi connectivity index (χ1n) is 11.3. The molecule has 5 rings (SSSR count). The summed E-state index contributed by atoms with van der Waals surface area (Å²) in [5.41, 5.74) is 0.619. The first-order chi connectivity index (χ1) is 19.6. The van der Waals surface area contributed by atoms with Gasteiger partial charge < -0.3 is 43.3 Å². The van der Waals surface area contributed by atoms with Gasteiger partial charge in [-0.2, -0.15) is 0 Å². The van der Waals surface area contributed by atoms with E-state index in [9.17, 15) is 33.2 Å². The normalized spacial score (nSPS) is 28.1. The van der Waals surface area contributed by atoms with E-state index in [4.69, 9.17) is 31.3 Å². The fraction of sp³-hybridized carbons (Fsp3) is 0.412. The average molecular weight is 668 g/mol. The molecule has 228 valence electrons. The number of nitrogens with one attached hydrogen (secondary N) is 2. The molecule has 21 nitrogen and oxygen atoms in total. The molecule has 8 unspecified atom stereocenters. The van der Waals surface area contributed by atoms with Crippen molar-refractivity contribution in [2.75, 3.05) is 11.9 Å². The summed E-state index contributed by atoms with van der Waals surface area (Å²) in [4.78, 5) is 74.7. The van der Waals surface area contributed by atoms with E-state index < -0.39 is 66.8 Å². The number of hydrogen-bond donors (Lipinski definition) is 3. The van der Waals surface area contributed by atoms with Crippen LogP contribution in [-0.4, -0.2) is 71.5 Å². The lowest BCUT2D eigenvalue weighted by Gasteiger charge is -2.33. The van der Waals surface area contributed by atoms with Gasteiger partial charge in [0.2, 0.25) is 12.2 Å². The standard InChI is InChI=1S/C17H20N7O14P3S/c1-7-21-12-9(14(42)22-7)20-6-24(12)15-11-10(35-16(36-11)13(25)23-17-18-3-2-4-19-17)8(34-15)5-33-40(29,30)38-41(31,32)37-39(26,27)28/h2-4,6,8,10-11,15-16H,5H2,1H3,(H,29,30)(H,31,32)(H,21,22,42)(H2,26,27,28)(H,18,19,23,25)/p-3. The molecule has 2 aliphatic rings. The van der Waals surface area contributed by atoms with Crippen molar-refractivity contribution in [1.82, 2.24) is 29.5 Å². The van der Waals surface area contributed by atoms with Crippen LogP contribution in [0.5, 0.6) is 0 Å². The third-order valence-corrected chi connectivity index (χ3v) is 9.48. The Labute approximate surface area is 238 Å². The number of phosphoric acid groups is 3. The van der Waals surface area contributed by atoms with E-state index in [-0.39, 0.29) is 16.1 Å². The summed E-state index contributed by atoms with van der Waals surface area (Å²) in [5, 5.41) is 2.39. The van der Waals surface area contributed by atoms with Gasteiger partial charge in [0.25, 0.3) is 29.4 Å². The minimum absolute atomic E-state index is 0.0604. The Morgan fingerprint density at radius 3 is 2.50 bits per heavy atom. The van der Waals surface area contributed by atoms with Gasteiger partial charge in [-0.25, -0.2) is 28.6 Å². The van der Waals surface area contributed by atoms with Gasteiger partial charge in [-0.1, -0.05) is 12.2 Å². The fourth-order valence-corrected chi connectivity index (χ4v) is 7.22. The zero-order chi connectivity index (χ0) is 30.4. The SMILES string of the molecule is Cc1nc(=S)c2ncn(C3OC(COP(=O)([O-])OP(=O)([O-])OP(=O)([O-])O)C4OC(C(=O)Nc5ncccn5)OC43)c2[nH]1. The topological polar surface area (TPSA) is 297 Å². The van der Waals surface area contributed by atoms with Gasteiger partial charge in [0.1, 0.15) is 35.3 Å². The number of anilines is 1. The van der Waals surface area contributed by atoms with Crippen LogP contribution in [0.15, 0.2) is 24.8 Å². The molecule has 8 atom stereocenters. The molecule has 5 heterocycles. The van der Waals surface area contributed by atoms with Crippen LogP contribution in [0, 0.1) is 11.6 Å². The molecule has 42 heavy (non-hydrogen) atoms. The summed E-state index contributed by atoms with van der Waals surface area (Å²) in [7, 11) is -17.9. The van der Waals surface area contributed by atoms with E-state index in [1.165, 1.54) is 29.4 Å². The zero-order valence-corrected chi connectivity index (χ0v) is 24.1. The van der Waals surface area contributed by atoms with Gasteiger partial charge in [0, 0.05) is 12.4 Å². The number of amides is 1. The molecular weight excluding hydrogens is 651 g/mol. The number of imidazole rings is 1. The van der Waals surface area contributed by atoms with Crippen LogP contribution in [0.25, 0.3) is 11.2 Å². The Morgan fingerprint density at radius 1 is 1.12 bits per heavy atom. The smallest absolute Gasteiger partial charge is 0.283 e. The summed E-state index contributed by atoms with van der Waals surface area (Å²) in [5.74, 6) is -0.460. The van der Waals surface area contributed by atoms with E-state index in [0.717, 1.165) is 0 Å². The largest absolute Gasteiger partial charge is 0.756 e. The molecule has 0 bridgehead atoms. The molecular formula is C17H17N7O14P3S-3. The highest BCUT2D eigenvalue weighted by Crippen LogP contribution is 2.61. The predicted octanol–water partition coefficient (Wildman–Crippen LogP) is -1.32. The van der Waals surface area contributed by atoms with Crippen LogP contribution < -0.4 is 20.0 Å². The van der Waals surface area contributed by atoms with Crippen molar-refractivity contribution in [3.63, 3.8) is 0 Å². The second-order valence-electron chi connectivity index (χ2n) is 8.46. The molecule has 0 radical (unpaired) electrons. The number of carbonyl (C=O) groups excluding carboxylic acids is 1. The van der Waals surface area contributed by atoms with Crippen molar-refractivity contribution in [1.29, 1.82) is 0 Å². The maximum Gasteiger partial charge on any atom is 0.283 e. The summed E-state index contributed by atoms with van der Waals surface area (Å²) < 4.78 is 64.8. The second-order valence-corrected chi connectivity index (χ2v) is 13.1. The van der Waals surface area contributed by atoms with Crippen LogP contribution in [0.3, 0.4) is 0 Å². The molecule has 0 aliphatic carbocycles. The van der Waals surface area contributed by atoms with Gasteiger partial charge >= 0.3 is 0 Å². The number of rotatable bonds is 10. The third kappa shape index (κ3) is 7.04. The van der Waals surface area contributed by atoms with Crippen LogP contribution in [-0.2, 0) is 45.8 Å². The number of aryl methyl sites for hydroxylation is 1. The first kappa shape index (κ1) is 31.0. The van der Waals surface area contributed by atoms with Crippen LogP contribution >= 0.6 is 35.7 Å². The average Bonchev–Trinajstić information content (AvgIpc) is 3.55. The second kappa shape index (κ2) is 11.6. The molecule has 1 amide bonds. The van der Waals surface area contributed by atoms with Crippen molar-refractivity contribution in [2.24, 2.45) is 0 Å². The molecule has 2 aliphatic heterocycles. The number of aromatic amines is 1. The van der Waals surface area contributed by atoms with Gasteiger partial charge in [0.05, 0.1) is 12.9 Å². The van der Waals surface area contributed by atoms with Crippen LogP contribution in [0.4, 0.5) is 5.95 Å². The lowest BCUT2D eigenvalue weighted by Crippen LogP contribution is -2.34. The zero-order valence-electron chi connectivity index (χ0n) is 20.6. The van der Waals surface area contributed by atoms with E-state index in [2.05, 4.69) is 43.4 Å². The lowest BCUT2D eigenvalue weighted by atomic mass is 10.1. The Hall–Kier alpha value is -2.39. The van der Waals surface area contributed by atoms with Crippen molar-refractivity contribution >= 4 is 58.7 Å². The molecule has 0 spiro atoms. The highest BCUT2D eigenvalue weighted by Gasteiger charge is 2.55. The van der Waals surface area contributed by atoms with E-state index in [1.54, 1.807) is 6.92 Å². The van der Waals surface area contributed by atoms with Gasteiger partial charge in [-0.15, -0.1) is 0 Å². The predicted molar refractivity (Wildman–Crippen MR) is 129 cm³/mol. The summed E-state index contributed by atoms with van der Waals surface area (Å²) in [6, 6.07) is 1.52. The summed E-state index contributed by atoms with van der Waals surface area (Å²) >= 11 is 5.24. The molecule has 3 N–H and O–H groups in total. The Morgan fingerprint density at radius 2 is 1.81 bits per heavy atom. The quantitative estimate of drug-likeness (QED) is 0.167. The summed E-state index contributed by atoms with van der Waals surface area (Å²) in [6.07, 6.45) is -2.33. The highest BCUT2D eigenvalue weighted by molar-refractivity contribution is 7.71. The van der Waals surface area contributed by atoms with Gasteiger partial charge in [-0.05, 0) is 13.0 Å². The van der Waals surface area contributed by atoms with Crippen molar-refractivity contribution in [3.8, 4) is 0 Å². The Kier molecular flexibility index (Phi) is 8.58. The monoisotopic (exact) mass is 668 g/mol. The van der Waals surface area contributed by atoms with E-state index in [1.807, 2.05) is 0 Å². The first-order valence-corrected chi connectivity index (χ1v) is 16.1. The number of carbonyl (C=O) groups is 1. The molecule has 3 aromatic heterocycles. The maximum atomic E-state index is 12.8. The molecule has 2 fully saturated rings. The van der Waals surface area contributed by atoms with Crippen molar-refractivity contribution in [2.45, 2.75) is 37.8 Å². The molecule has 25 heteroatoms. The third-order valence-electron chi connectivity index (χ3n) is 5.50. The number of hydrogen-bond acceptors (Lipinski definition) is 18. The highest BCUT2D eigenvalue weighted by atomic mass is 32.1. The maximum absolute atomic E-state index is 12.8. The number of phosphoric ester groups is 1. The number of aromatic nitrogens is 6. The molecule has 3 aromatic rings. The minimum atomic E-state index is -6.13. The lowest BCUT2D eigenvalue weighted by molar-refractivity contribution is -0.250. The molecule has 0 saturated carbocycles. The van der Waals surface area contributed by atoms with E-state index >= 15 is 0 Å². The number of ether oxygens (including phenoxy) is 3. The van der Waals surface area contributed by atoms with Crippen LogP contribution in [0.1, 0.15) is 12.1 Å². The fourth-order valence-electron chi connectivity index (χ4n) is 4.04. The van der Waals surface area contributed by atoms with Crippen LogP contribution in [0.2, 0.25) is 0 Å². The van der Waals surface area contributed by atoms with E-state index in [0.29, 0.717) is 11.5 Å².